The number of imidazole rings is 1. The number of hydrogen-bond donors (Lipinski definition) is 0. The summed E-state index contributed by atoms with van der Waals surface area (Å²) in [5.41, 5.74) is 3.93. The zero-order valence-corrected chi connectivity index (χ0v) is 13.6. The summed E-state index contributed by atoms with van der Waals surface area (Å²) in [6.07, 6.45) is 0. The van der Waals surface area contributed by atoms with E-state index in [1.54, 1.807) is 6.07 Å². The van der Waals surface area contributed by atoms with Crippen LogP contribution in [-0.2, 0) is 5.88 Å². The Kier molecular flexibility index (Phi) is 3.69. The number of rotatable bonds is 2. The van der Waals surface area contributed by atoms with Crippen molar-refractivity contribution in [3.8, 4) is 5.69 Å². The van der Waals surface area contributed by atoms with Crippen LogP contribution in [0.5, 0.6) is 0 Å². The van der Waals surface area contributed by atoms with E-state index in [4.69, 9.17) is 11.6 Å². The highest BCUT2D eigenvalue weighted by Gasteiger charge is 2.14. The Balaban J connectivity index is 2.36. The van der Waals surface area contributed by atoms with Crippen LogP contribution in [0.1, 0.15) is 11.4 Å². The van der Waals surface area contributed by atoms with E-state index in [1.807, 2.05) is 23.6 Å². The van der Waals surface area contributed by atoms with Gasteiger partial charge in [0.2, 0.25) is 0 Å². The van der Waals surface area contributed by atoms with Crippen LogP contribution >= 0.6 is 34.2 Å². The van der Waals surface area contributed by atoms with Gasteiger partial charge in [0.1, 0.15) is 11.6 Å². The van der Waals surface area contributed by atoms with Gasteiger partial charge >= 0.3 is 0 Å². The summed E-state index contributed by atoms with van der Waals surface area (Å²) < 4.78 is 16.1. The second-order valence-corrected chi connectivity index (χ2v) is 6.01. The maximum atomic E-state index is 13.3. The number of hydrogen-bond acceptors (Lipinski definition) is 1. The van der Waals surface area contributed by atoms with E-state index in [2.05, 4.69) is 33.6 Å². The van der Waals surface area contributed by atoms with Gasteiger partial charge in [-0.05, 0) is 65.4 Å². The molecule has 0 saturated carbocycles. The van der Waals surface area contributed by atoms with E-state index in [0.29, 0.717) is 5.88 Å². The lowest BCUT2D eigenvalue weighted by molar-refractivity contribution is 0.626. The van der Waals surface area contributed by atoms with Crippen LogP contribution in [0.15, 0.2) is 36.4 Å². The molecule has 0 atom stereocenters. The van der Waals surface area contributed by atoms with Crippen LogP contribution in [0.25, 0.3) is 16.7 Å². The molecule has 1 aromatic heterocycles. The van der Waals surface area contributed by atoms with E-state index in [9.17, 15) is 4.39 Å². The fourth-order valence-electron chi connectivity index (χ4n) is 2.26. The molecule has 20 heavy (non-hydrogen) atoms. The highest BCUT2D eigenvalue weighted by molar-refractivity contribution is 14.1. The van der Waals surface area contributed by atoms with Crippen LogP contribution in [0, 0.1) is 16.3 Å². The molecule has 0 aliphatic carbocycles. The fraction of sp³-hybridized carbons (Fsp3) is 0.133. The van der Waals surface area contributed by atoms with Crippen molar-refractivity contribution >= 4 is 45.2 Å². The van der Waals surface area contributed by atoms with Crippen LogP contribution in [-0.4, -0.2) is 9.55 Å². The van der Waals surface area contributed by atoms with E-state index >= 15 is 0 Å². The molecular weight excluding hydrogens is 390 g/mol. The monoisotopic (exact) mass is 400 g/mol. The first-order valence-corrected chi connectivity index (χ1v) is 7.71. The number of nitrogens with zero attached hydrogens (tertiary/aromatic N) is 2. The van der Waals surface area contributed by atoms with Crippen molar-refractivity contribution in [3.63, 3.8) is 0 Å². The van der Waals surface area contributed by atoms with E-state index < -0.39 is 0 Å². The largest absolute Gasteiger partial charge is 0.294 e. The molecule has 0 unspecified atom stereocenters. The second-order valence-electron chi connectivity index (χ2n) is 4.58. The summed E-state index contributed by atoms with van der Waals surface area (Å²) in [5.74, 6) is 0.823. The second kappa shape index (κ2) is 5.33. The summed E-state index contributed by atoms with van der Waals surface area (Å²) in [6.45, 7) is 2.03. The van der Waals surface area contributed by atoms with Crippen LogP contribution in [0.2, 0.25) is 0 Å². The van der Waals surface area contributed by atoms with Crippen molar-refractivity contribution in [2.75, 3.05) is 0 Å². The molecule has 1 heterocycles. The molecule has 2 nitrogen and oxygen atoms in total. The van der Waals surface area contributed by atoms with Gasteiger partial charge in [0, 0.05) is 3.57 Å². The molecule has 0 radical (unpaired) electrons. The maximum absolute atomic E-state index is 13.3. The lowest BCUT2D eigenvalue weighted by atomic mass is 10.2. The molecule has 0 N–H and O–H groups in total. The van der Waals surface area contributed by atoms with Crippen molar-refractivity contribution < 1.29 is 4.39 Å². The molecule has 0 saturated heterocycles. The maximum Gasteiger partial charge on any atom is 0.129 e. The van der Waals surface area contributed by atoms with Crippen LogP contribution in [0.3, 0.4) is 0 Å². The molecule has 0 aliphatic rings. The molecule has 0 bridgehead atoms. The van der Waals surface area contributed by atoms with Gasteiger partial charge in [-0.25, -0.2) is 9.37 Å². The van der Waals surface area contributed by atoms with Gasteiger partial charge < -0.3 is 0 Å². The first-order valence-electron chi connectivity index (χ1n) is 6.09. The van der Waals surface area contributed by atoms with Gasteiger partial charge in [-0.15, -0.1) is 11.6 Å². The van der Waals surface area contributed by atoms with Gasteiger partial charge in [0.25, 0.3) is 0 Å². The summed E-state index contributed by atoms with van der Waals surface area (Å²) >= 11 is 8.15. The zero-order valence-electron chi connectivity index (χ0n) is 10.7. The van der Waals surface area contributed by atoms with Crippen molar-refractivity contribution in [3.05, 3.63) is 57.2 Å². The summed E-state index contributed by atoms with van der Waals surface area (Å²) in [5, 5.41) is 0. The number of halogens is 3. The van der Waals surface area contributed by atoms with Crippen LogP contribution in [0.4, 0.5) is 4.39 Å². The number of fused-ring (bicyclic) bond motifs is 1. The fourth-order valence-corrected chi connectivity index (χ4v) is 3.15. The number of alkyl halides is 1. The molecule has 0 fully saturated rings. The predicted octanol–water partition coefficient (Wildman–Crippen LogP) is 4.82. The minimum absolute atomic E-state index is 0.244. The van der Waals surface area contributed by atoms with Crippen molar-refractivity contribution in [2.45, 2.75) is 12.8 Å². The summed E-state index contributed by atoms with van der Waals surface area (Å²) in [4.78, 5) is 4.55. The van der Waals surface area contributed by atoms with Crippen molar-refractivity contribution in [2.24, 2.45) is 0 Å². The highest BCUT2D eigenvalue weighted by Crippen LogP contribution is 2.27. The number of benzene rings is 2. The lowest BCUT2D eigenvalue weighted by Crippen LogP contribution is -2.02. The van der Waals surface area contributed by atoms with E-state index in [1.165, 1.54) is 12.1 Å². The van der Waals surface area contributed by atoms with Crippen LogP contribution < -0.4 is 0 Å². The molecule has 0 amide bonds. The zero-order chi connectivity index (χ0) is 14.3. The molecule has 0 aliphatic heterocycles. The molecule has 2 aromatic carbocycles. The van der Waals surface area contributed by atoms with Gasteiger partial charge in [0.15, 0.2) is 0 Å². The minimum Gasteiger partial charge on any atom is -0.294 e. The highest BCUT2D eigenvalue weighted by atomic mass is 127. The molecule has 102 valence electrons. The Morgan fingerprint density at radius 2 is 2.05 bits per heavy atom. The normalized spacial score (nSPS) is 11.2. The third kappa shape index (κ3) is 2.31. The van der Waals surface area contributed by atoms with E-state index in [0.717, 1.165) is 31.7 Å². The standard InChI is InChI=1S/C15H11ClFIN2/c1-9-2-4-12-14(6-9)20(15(8-16)19-12)13-5-3-10(17)7-11(13)18/h2-7H,8H2,1H3. The Morgan fingerprint density at radius 3 is 2.75 bits per heavy atom. The molecular formula is C15H11ClFIN2. The first kappa shape index (κ1) is 13.8. The van der Waals surface area contributed by atoms with E-state index in [-0.39, 0.29) is 5.82 Å². The third-order valence-electron chi connectivity index (χ3n) is 3.15. The van der Waals surface area contributed by atoms with Gasteiger partial charge in [0.05, 0.1) is 22.6 Å². The average molecular weight is 401 g/mol. The Bertz CT molecular complexity index is 798. The molecule has 3 aromatic rings. The van der Waals surface area contributed by atoms with Gasteiger partial charge in [-0.3, -0.25) is 4.57 Å². The first-order chi connectivity index (χ1) is 9.60. The predicted molar refractivity (Wildman–Crippen MR) is 88.0 cm³/mol. The quantitative estimate of drug-likeness (QED) is 0.446. The SMILES string of the molecule is Cc1ccc2nc(CCl)n(-c3ccc(F)cc3I)c2c1. The number of aryl methyl sites for hydroxylation is 1. The lowest BCUT2D eigenvalue weighted by Gasteiger charge is -2.10. The minimum atomic E-state index is -0.244. The van der Waals surface area contributed by atoms with Crippen molar-refractivity contribution in [1.82, 2.24) is 9.55 Å². The third-order valence-corrected chi connectivity index (χ3v) is 4.25. The summed E-state index contributed by atoms with van der Waals surface area (Å²) in [7, 11) is 0. The average Bonchev–Trinajstić information content (AvgIpc) is 2.76. The van der Waals surface area contributed by atoms with Gasteiger partial charge in [-0.2, -0.15) is 0 Å². The molecule has 3 rings (SSSR count). The topological polar surface area (TPSA) is 17.8 Å². The molecule has 5 heteroatoms. The Morgan fingerprint density at radius 1 is 1.25 bits per heavy atom. The smallest absolute Gasteiger partial charge is 0.129 e. The van der Waals surface area contributed by atoms with Crippen molar-refractivity contribution in [1.29, 1.82) is 0 Å². The molecule has 0 spiro atoms. The van der Waals surface area contributed by atoms with Gasteiger partial charge in [-0.1, -0.05) is 6.07 Å². The number of aromatic nitrogens is 2. The summed E-state index contributed by atoms with van der Waals surface area (Å²) in [6, 6.07) is 10.8. The Labute approximate surface area is 134 Å². The Hall–Kier alpha value is -1.14.